The smallest absolute Gasteiger partial charge is 0.285 e. The summed E-state index contributed by atoms with van der Waals surface area (Å²) in [4.78, 5) is 27.4. The van der Waals surface area contributed by atoms with Gasteiger partial charge in [-0.1, -0.05) is 17.8 Å². The van der Waals surface area contributed by atoms with Gasteiger partial charge in [0.15, 0.2) is 15.8 Å². The Kier molecular flexibility index (Phi) is 6.12. The van der Waals surface area contributed by atoms with E-state index in [9.17, 15) is 9.59 Å². The normalized spacial score (nSPS) is 17.3. The number of ether oxygens (including phenoxy) is 2. The fourth-order valence-corrected chi connectivity index (χ4v) is 5.81. The first kappa shape index (κ1) is 20.9. The van der Waals surface area contributed by atoms with Gasteiger partial charge in [0.2, 0.25) is 0 Å². The van der Waals surface area contributed by atoms with Gasteiger partial charge in [0.05, 0.1) is 24.7 Å². The third kappa shape index (κ3) is 3.97. The molecule has 30 heavy (non-hydrogen) atoms. The van der Waals surface area contributed by atoms with Crippen LogP contribution in [0, 0.1) is 0 Å². The van der Waals surface area contributed by atoms with Crippen molar-refractivity contribution in [3.8, 4) is 11.5 Å². The molecular formula is C21H20N2O4S3. The number of carbonyl (C=O) groups is 2. The Labute approximate surface area is 188 Å². The number of hydrogen-bond donors (Lipinski definition) is 1. The molecule has 2 heterocycles. The fraction of sp³-hybridized carbons (Fsp3) is 0.286. The molecule has 0 saturated carbocycles. The molecule has 6 nitrogen and oxygen atoms in total. The molecule has 1 fully saturated rings. The number of methoxy groups -OCH3 is 2. The summed E-state index contributed by atoms with van der Waals surface area (Å²) in [6.45, 7) is 0. The van der Waals surface area contributed by atoms with Crippen LogP contribution in [0.2, 0.25) is 0 Å². The van der Waals surface area contributed by atoms with E-state index in [0.717, 1.165) is 53.6 Å². The SMILES string of the molecule is COc1ccc(/C=C2/SC(=S)N(NC(=O)c3csc4c3CCCC4)C2=O)cc1OC. The second-order valence-electron chi connectivity index (χ2n) is 6.83. The maximum atomic E-state index is 12.9. The first-order valence-electron chi connectivity index (χ1n) is 9.42. The number of nitrogens with one attached hydrogen (secondary N) is 1. The van der Waals surface area contributed by atoms with E-state index in [0.29, 0.717) is 26.3 Å². The van der Waals surface area contributed by atoms with Crippen molar-refractivity contribution in [2.45, 2.75) is 25.7 Å². The molecule has 1 aromatic carbocycles. The lowest BCUT2D eigenvalue weighted by atomic mass is 9.96. The van der Waals surface area contributed by atoms with Crippen molar-refractivity contribution in [2.75, 3.05) is 14.2 Å². The summed E-state index contributed by atoms with van der Waals surface area (Å²) in [6.07, 6.45) is 5.88. The van der Waals surface area contributed by atoms with E-state index in [4.69, 9.17) is 21.7 Å². The average Bonchev–Trinajstić information content (AvgIpc) is 3.30. The monoisotopic (exact) mass is 460 g/mol. The molecule has 0 spiro atoms. The first-order chi connectivity index (χ1) is 14.5. The van der Waals surface area contributed by atoms with E-state index >= 15 is 0 Å². The number of thioether (sulfide) groups is 1. The van der Waals surface area contributed by atoms with Gasteiger partial charge in [-0.3, -0.25) is 15.0 Å². The number of aryl methyl sites for hydroxylation is 1. The number of amides is 2. The van der Waals surface area contributed by atoms with Gasteiger partial charge < -0.3 is 9.47 Å². The van der Waals surface area contributed by atoms with Crippen LogP contribution in [0.25, 0.3) is 6.08 Å². The summed E-state index contributed by atoms with van der Waals surface area (Å²) in [6, 6.07) is 5.37. The van der Waals surface area contributed by atoms with Gasteiger partial charge in [-0.2, -0.15) is 5.01 Å². The Morgan fingerprint density at radius 2 is 1.97 bits per heavy atom. The van der Waals surface area contributed by atoms with Crippen LogP contribution < -0.4 is 14.9 Å². The minimum Gasteiger partial charge on any atom is -0.493 e. The minimum atomic E-state index is -0.350. The van der Waals surface area contributed by atoms with Crippen molar-refractivity contribution in [3.05, 3.63) is 50.1 Å². The second-order valence-corrected chi connectivity index (χ2v) is 9.47. The lowest BCUT2D eigenvalue weighted by Crippen LogP contribution is -2.45. The number of benzene rings is 1. The molecule has 2 aliphatic rings. The molecular weight excluding hydrogens is 440 g/mol. The molecule has 0 radical (unpaired) electrons. The van der Waals surface area contributed by atoms with Crippen LogP contribution in [0.15, 0.2) is 28.5 Å². The highest BCUT2D eigenvalue weighted by Gasteiger charge is 2.34. The van der Waals surface area contributed by atoms with Gasteiger partial charge >= 0.3 is 0 Å². The maximum absolute atomic E-state index is 12.9. The lowest BCUT2D eigenvalue weighted by molar-refractivity contribution is -0.123. The van der Waals surface area contributed by atoms with Crippen molar-refractivity contribution in [1.29, 1.82) is 0 Å². The van der Waals surface area contributed by atoms with Crippen LogP contribution in [0.3, 0.4) is 0 Å². The summed E-state index contributed by atoms with van der Waals surface area (Å²) >= 11 is 8.10. The van der Waals surface area contributed by atoms with Gasteiger partial charge in [-0.15, -0.1) is 11.3 Å². The number of rotatable bonds is 5. The van der Waals surface area contributed by atoms with Gasteiger partial charge in [-0.25, -0.2) is 0 Å². The summed E-state index contributed by atoms with van der Waals surface area (Å²) in [5.74, 6) is 0.529. The molecule has 1 aliphatic heterocycles. The highest BCUT2D eigenvalue weighted by atomic mass is 32.2. The molecule has 1 saturated heterocycles. The average molecular weight is 461 g/mol. The van der Waals surface area contributed by atoms with Gasteiger partial charge in [0, 0.05) is 10.3 Å². The largest absolute Gasteiger partial charge is 0.493 e. The van der Waals surface area contributed by atoms with Gasteiger partial charge in [0.25, 0.3) is 11.8 Å². The topological polar surface area (TPSA) is 67.9 Å². The van der Waals surface area contributed by atoms with Gasteiger partial charge in [-0.05, 0) is 67.2 Å². The van der Waals surface area contributed by atoms with Crippen LogP contribution in [0.5, 0.6) is 11.5 Å². The zero-order valence-corrected chi connectivity index (χ0v) is 19.0. The summed E-state index contributed by atoms with van der Waals surface area (Å²) in [7, 11) is 3.12. The number of thiophene rings is 1. The fourth-order valence-electron chi connectivity index (χ4n) is 3.50. The highest BCUT2D eigenvalue weighted by Crippen LogP contribution is 2.35. The van der Waals surface area contributed by atoms with Crippen molar-refractivity contribution in [3.63, 3.8) is 0 Å². The molecule has 1 N–H and O–H groups in total. The molecule has 2 aromatic rings. The maximum Gasteiger partial charge on any atom is 0.285 e. The number of thiocarbonyl (C=S) groups is 1. The van der Waals surface area contributed by atoms with Crippen LogP contribution in [0.4, 0.5) is 0 Å². The third-order valence-corrected chi connectivity index (χ3v) is 7.41. The van der Waals surface area contributed by atoms with E-state index in [1.165, 1.54) is 4.88 Å². The molecule has 156 valence electrons. The van der Waals surface area contributed by atoms with E-state index in [1.807, 2.05) is 11.4 Å². The summed E-state index contributed by atoms with van der Waals surface area (Å²) in [5.41, 5.74) is 5.21. The van der Waals surface area contributed by atoms with E-state index < -0.39 is 0 Å². The predicted octanol–water partition coefficient (Wildman–Crippen LogP) is 4.19. The highest BCUT2D eigenvalue weighted by molar-refractivity contribution is 8.26. The molecule has 0 atom stereocenters. The molecule has 2 amide bonds. The number of fused-ring (bicyclic) bond motifs is 1. The van der Waals surface area contributed by atoms with Gasteiger partial charge in [0.1, 0.15) is 0 Å². The zero-order chi connectivity index (χ0) is 21.3. The first-order valence-corrected chi connectivity index (χ1v) is 11.5. The second kappa shape index (κ2) is 8.79. The van der Waals surface area contributed by atoms with Crippen molar-refractivity contribution >= 4 is 57.5 Å². The zero-order valence-electron chi connectivity index (χ0n) is 16.5. The molecule has 9 heteroatoms. The van der Waals surface area contributed by atoms with Crippen molar-refractivity contribution in [2.24, 2.45) is 0 Å². The summed E-state index contributed by atoms with van der Waals surface area (Å²) < 4.78 is 10.8. The minimum absolute atomic E-state index is 0.293. The summed E-state index contributed by atoms with van der Waals surface area (Å²) in [5, 5.41) is 3.03. The predicted molar refractivity (Wildman–Crippen MR) is 123 cm³/mol. The third-order valence-electron chi connectivity index (χ3n) is 5.02. The molecule has 1 aliphatic carbocycles. The lowest BCUT2D eigenvalue weighted by Gasteiger charge is -2.17. The molecule has 0 bridgehead atoms. The number of hydrogen-bond acceptors (Lipinski definition) is 7. The number of carbonyl (C=O) groups excluding carboxylic acids is 2. The number of hydrazine groups is 1. The molecule has 0 unspecified atom stereocenters. The van der Waals surface area contributed by atoms with E-state index in [1.54, 1.807) is 43.8 Å². The van der Waals surface area contributed by atoms with Crippen molar-refractivity contribution in [1.82, 2.24) is 10.4 Å². The Morgan fingerprint density at radius 1 is 1.20 bits per heavy atom. The number of nitrogens with zero attached hydrogens (tertiary/aromatic N) is 1. The van der Waals surface area contributed by atoms with E-state index in [2.05, 4.69) is 5.43 Å². The van der Waals surface area contributed by atoms with Crippen LogP contribution in [-0.2, 0) is 17.6 Å². The van der Waals surface area contributed by atoms with Crippen LogP contribution >= 0.6 is 35.3 Å². The molecule has 4 rings (SSSR count). The Morgan fingerprint density at radius 3 is 2.73 bits per heavy atom. The Balaban J connectivity index is 1.52. The quantitative estimate of drug-likeness (QED) is 0.533. The van der Waals surface area contributed by atoms with Crippen LogP contribution in [0.1, 0.15) is 39.2 Å². The Hall–Kier alpha value is -2.36. The Bertz CT molecular complexity index is 1060. The van der Waals surface area contributed by atoms with Crippen LogP contribution in [-0.4, -0.2) is 35.4 Å². The van der Waals surface area contributed by atoms with E-state index in [-0.39, 0.29) is 11.8 Å². The van der Waals surface area contributed by atoms with Crippen molar-refractivity contribution < 1.29 is 19.1 Å². The standard InChI is InChI=1S/C21H20N2O4S3/c1-26-15-8-7-12(9-16(15)27-2)10-18-20(25)23(21(28)30-18)22-19(24)14-11-29-17-6-4-3-5-13(14)17/h7-11H,3-6H2,1-2H3,(H,22,24)/b18-10+. The molecule has 1 aromatic heterocycles.